The van der Waals surface area contributed by atoms with Crippen molar-refractivity contribution in [2.24, 2.45) is 11.7 Å². The number of nitrogens with two attached hydrogens (primary N) is 1. The van der Waals surface area contributed by atoms with Crippen molar-refractivity contribution >= 4 is 18.3 Å². The number of carbonyl (C=O) groups is 1. The fourth-order valence-corrected chi connectivity index (χ4v) is 2.46. The van der Waals surface area contributed by atoms with Crippen LogP contribution in [0.1, 0.15) is 48.2 Å². The number of carbonyl (C=O) groups excluding carboxylic acids is 1. The van der Waals surface area contributed by atoms with E-state index in [1.807, 2.05) is 0 Å². The van der Waals surface area contributed by atoms with Crippen LogP contribution in [0.3, 0.4) is 0 Å². The van der Waals surface area contributed by atoms with Gasteiger partial charge in [0.25, 0.3) is 5.91 Å². The van der Waals surface area contributed by atoms with E-state index in [0.717, 1.165) is 12.2 Å². The number of hydrogen-bond donors (Lipinski definition) is 2. The number of nitrogens with zero attached hydrogens (tertiary/aromatic N) is 1. The largest absolute Gasteiger partial charge is 0.352 e. The Morgan fingerprint density at radius 1 is 1.37 bits per heavy atom. The summed E-state index contributed by atoms with van der Waals surface area (Å²) in [5, 5.41) is 3.01. The number of nitrogens with one attached hydrogen (secondary N) is 1. The van der Waals surface area contributed by atoms with Crippen molar-refractivity contribution in [2.75, 3.05) is 6.54 Å². The molecule has 1 aliphatic rings. The summed E-state index contributed by atoms with van der Waals surface area (Å²) in [6.07, 6.45) is 8.06. The highest BCUT2D eigenvalue weighted by molar-refractivity contribution is 5.94. The minimum absolute atomic E-state index is 0. The van der Waals surface area contributed by atoms with E-state index >= 15 is 0 Å². The second-order valence-electron chi connectivity index (χ2n) is 4.95. The van der Waals surface area contributed by atoms with Crippen LogP contribution in [0.25, 0.3) is 0 Å². The van der Waals surface area contributed by atoms with Crippen molar-refractivity contribution < 1.29 is 4.79 Å². The van der Waals surface area contributed by atoms with Gasteiger partial charge in [-0.15, -0.1) is 12.4 Å². The van der Waals surface area contributed by atoms with Crippen molar-refractivity contribution in [1.82, 2.24) is 10.3 Å². The van der Waals surface area contributed by atoms with Gasteiger partial charge in [-0.05, 0) is 30.9 Å². The van der Waals surface area contributed by atoms with Crippen LogP contribution in [0.5, 0.6) is 0 Å². The molecule has 0 spiro atoms. The molecular weight excluding hydrogens is 262 g/mol. The van der Waals surface area contributed by atoms with Crippen molar-refractivity contribution in [3.63, 3.8) is 0 Å². The predicted molar refractivity (Wildman–Crippen MR) is 78.3 cm³/mol. The van der Waals surface area contributed by atoms with Gasteiger partial charge in [0, 0.05) is 24.8 Å². The van der Waals surface area contributed by atoms with Crippen LogP contribution in [-0.4, -0.2) is 17.4 Å². The first-order valence-electron chi connectivity index (χ1n) is 6.73. The maximum atomic E-state index is 12.0. The monoisotopic (exact) mass is 283 g/mol. The molecule has 4 nitrogen and oxygen atoms in total. The number of hydrogen-bond acceptors (Lipinski definition) is 3. The molecule has 2 rings (SSSR count). The lowest BCUT2D eigenvalue weighted by Gasteiger charge is -2.21. The molecule has 1 fully saturated rings. The molecule has 106 valence electrons. The van der Waals surface area contributed by atoms with E-state index in [0.29, 0.717) is 18.0 Å². The third kappa shape index (κ3) is 4.80. The first-order valence-corrected chi connectivity index (χ1v) is 6.73. The lowest BCUT2D eigenvalue weighted by molar-refractivity contribution is 0.0943. The highest BCUT2D eigenvalue weighted by atomic mass is 35.5. The van der Waals surface area contributed by atoms with Crippen LogP contribution >= 0.6 is 12.4 Å². The van der Waals surface area contributed by atoms with Crippen molar-refractivity contribution in [3.8, 4) is 0 Å². The van der Waals surface area contributed by atoms with Gasteiger partial charge >= 0.3 is 0 Å². The van der Waals surface area contributed by atoms with Crippen LogP contribution in [-0.2, 0) is 6.54 Å². The Bertz CT molecular complexity index is 405. The molecule has 5 heteroatoms. The molecule has 1 heterocycles. The first kappa shape index (κ1) is 15.9. The highest BCUT2D eigenvalue weighted by Gasteiger charge is 2.14. The Morgan fingerprint density at radius 2 is 2.11 bits per heavy atom. The minimum Gasteiger partial charge on any atom is -0.352 e. The van der Waals surface area contributed by atoms with E-state index in [9.17, 15) is 4.79 Å². The summed E-state index contributed by atoms with van der Waals surface area (Å²) < 4.78 is 0. The first-order chi connectivity index (χ1) is 8.79. The third-order valence-corrected chi connectivity index (χ3v) is 3.56. The van der Waals surface area contributed by atoms with Crippen molar-refractivity contribution in [3.05, 3.63) is 29.6 Å². The Balaban J connectivity index is 0.00000180. The molecule has 0 atom stereocenters. The van der Waals surface area contributed by atoms with Crippen LogP contribution in [0.4, 0.5) is 0 Å². The summed E-state index contributed by atoms with van der Waals surface area (Å²) in [5.41, 5.74) is 6.92. The molecule has 0 aliphatic heterocycles. The summed E-state index contributed by atoms with van der Waals surface area (Å²) in [7, 11) is 0. The van der Waals surface area contributed by atoms with Gasteiger partial charge < -0.3 is 11.1 Å². The van der Waals surface area contributed by atoms with Crippen LogP contribution in [0.15, 0.2) is 18.3 Å². The quantitative estimate of drug-likeness (QED) is 0.891. The number of pyridine rings is 1. The summed E-state index contributed by atoms with van der Waals surface area (Å²) >= 11 is 0. The fourth-order valence-electron chi connectivity index (χ4n) is 2.46. The Hall–Kier alpha value is -1.13. The predicted octanol–water partition coefficient (Wildman–Crippen LogP) is 2.27. The highest BCUT2D eigenvalue weighted by Crippen LogP contribution is 2.22. The van der Waals surface area contributed by atoms with E-state index in [4.69, 9.17) is 5.73 Å². The number of halogens is 1. The van der Waals surface area contributed by atoms with Crippen LogP contribution < -0.4 is 11.1 Å². The summed E-state index contributed by atoms with van der Waals surface area (Å²) in [6, 6.07) is 3.49. The molecular formula is C14H22ClN3O. The number of rotatable bonds is 4. The van der Waals surface area contributed by atoms with Gasteiger partial charge in [0.2, 0.25) is 0 Å². The van der Waals surface area contributed by atoms with Crippen molar-refractivity contribution in [1.29, 1.82) is 0 Å². The lowest BCUT2D eigenvalue weighted by Crippen LogP contribution is -2.30. The molecule has 0 unspecified atom stereocenters. The van der Waals surface area contributed by atoms with Gasteiger partial charge in [-0.2, -0.15) is 0 Å². The van der Waals surface area contributed by atoms with Gasteiger partial charge in [-0.3, -0.25) is 9.78 Å². The van der Waals surface area contributed by atoms with Crippen molar-refractivity contribution in [2.45, 2.75) is 38.6 Å². The molecule has 1 amide bonds. The summed E-state index contributed by atoms with van der Waals surface area (Å²) in [5.74, 6) is 0.635. The second-order valence-corrected chi connectivity index (χ2v) is 4.95. The molecule has 19 heavy (non-hydrogen) atoms. The maximum absolute atomic E-state index is 12.0. The fraction of sp³-hybridized carbons (Fsp3) is 0.571. The molecule has 1 aromatic heterocycles. The average molecular weight is 284 g/mol. The topological polar surface area (TPSA) is 68.0 Å². The smallest absolute Gasteiger partial charge is 0.251 e. The van der Waals surface area contributed by atoms with Gasteiger partial charge in [0.1, 0.15) is 0 Å². The normalized spacial score (nSPS) is 15.6. The van der Waals surface area contributed by atoms with Gasteiger partial charge in [-0.25, -0.2) is 0 Å². The molecule has 0 radical (unpaired) electrons. The van der Waals surface area contributed by atoms with E-state index in [-0.39, 0.29) is 18.3 Å². The SMILES string of the molecule is Cl.NCc1cc(C(=O)NCC2CCCCC2)ccn1. The van der Waals surface area contributed by atoms with Crippen LogP contribution in [0.2, 0.25) is 0 Å². The Labute approximate surface area is 120 Å². The summed E-state index contributed by atoms with van der Waals surface area (Å²) in [4.78, 5) is 16.1. The average Bonchev–Trinajstić information content (AvgIpc) is 2.46. The zero-order chi connectivity index (χ0) is 12.8. The van der Waals surface area contributed by atoms with Gasteiger partial charge in [0.05, 0.1) is 5.69 Å². The number of amides is 1. The standard InChI is InChI=1S/C14H21N3O.ClH/c15-9-13-8-12(6-7-16-13)14(18)17-10-11-4-2-1-3-5-11;/h6-8,11H,1-5,9-10,15H2,(H,17,18);1H. The van der Waals surface area contributed by atoms with E-state index in [1.165, 1.54) is 32.1 Å². The Morgan fingerprint density at radius 3 is 2.79 bits per heavy atom. The molecule has 0 aromatic carbocycles. The zero-order valence-electron chi connectivity index (χ0n) is 11.1. The molecule has 1 aliphatic carbocycles. The maximum Gasteiger partial charge on any atom is 0.251 e. The lowest BCUT2D eigenvalue weighted by atomic mass is 9.89. The van der Waals surface area contributed by atoms with Crippen LogP contribution in [0, 0.1) is 5.92 Å². The molecule has 1 saturated carbocycles. The molecule has 0 bridgehead atoms. The van der Waals surface area contributed by atoms with Gasteiger partial charge in [0.15, 0.2) is 0 Å². The molecule has 0 saturated heterocycles. The second kappa shape index (κ2) is 8.12. The Kier molecular flexibility index (Phi) is 6.81. The van der Waals surface area contributed by atoms with E-state index < -0.39 is 0 Å². The van der Waals surface area contributed by atoms with E-state index in [2.05, 4.69) is 10.3 Å². The van der Waals surface area contributed by atoms with Gasteiger partial charge in [-0.1, -0.05) is 19.3 Å². The number of aromatic nitrogens is 1. The third-order valence-electron chi connectivity index (χ3n) is 3.56. The molecule has 3 N–H and O–H groups in total. The molecule has 1 aromatic rings. The minimum atomic E-state index is -0.0160. The zero-order valence-corrected chi connectivity index (χ0v) is 11.9. The summed E-state index contributed by atoms with van der Waals surface area (Å²) in [6.45, 7) is 1.16. The van der Waals surface area contributed by atoms with E-state index in [1.54, 1.807) is 18.3 Å².